The first-order valence-corrected chi connectivity index (χ1v) is 6.73. The molecule has 0 aliphatic rings. The summed E-state index contributed by atoms with van der Waals surface area (Å²) < 4.78 is 0.214. The maximum Gasteiger partial charge on any atom is 0.0586 e. The second-order valence-corrected chi connectivity index (χ2v) is 9.75. The summed E-state index contributed by atoms with van der Waals surface area (Å²) in [5, 5.41) is 0. The van der Waals surface area contributed by atoms with Gasteiger partial charge in [0.15, 0.2) is 0 Å². The molecule has 0 bridgehead atoms. The summed E-state index contributed by atoms with van der Waals surface area (Å²) in [6, 6.07) is 6.29. The minimum absolute atomic E-state index is 0.107. The summed E-state index contributed by atoms with van der Waals surface area (Å²) >= 11 is 4.84. The summed E-state index contributed by atoms with van der Waals surface area (Å²) in [5.41, 5.74) is 2.31. The zero-order valence-electron chi connectivity index (χ0n) is 8.94. The summed E-state index contributed by atoms with van der Waals surface area (Å²) in [4.78, 5) is 4.70. The van der Waals surface area contributed by atoms with Gasteiger partial charge in [-0.2, -0.15) is 0 Å². The van der Waals surface area contributed by atoms with Crippen molar-refractivity contribution in [3.8, 4) is 0 Å². The zero-order chi connectivity index (χ0) is 11.0. The molecule has 1 aromatic rings. The van der Waals surface area contributed by atoms with Crippen molar-refractivity contribution in [3.63, 3.8) is 0 Å². The average molecular weight is 415 g/mol. The molecular weight excluding hydrogens is 400 g/mol. The Morgan fingerprint density at radius 2 is 1.29 bits per heavy atom. The standard InChI is InChI=1S/C11H15I2N/c1-10(2,12)8-6-5-7-9(14-8)11(3,4)13/h5-7H,1-4H3. The van der Waals surface area contributed by atoms with Crippen LogP contribution < -0.4 is 0 Å². The van der Waals surface area contributed by atoms with Crippen LogP contribution in [0.4, 0.5) is 0 Å². The third kappa shape index (κ3) is 3.32. The summed E-state index contributed by atoms with van der Waals surface area (Å²) in [5.74, 6) is 0. The van der Waals surface area contributed by atoms with Crippen molar-refractivity contribution in [2.24, 2.45) is 0 Å². The van der Waals surface area contributed by atoms with Gasteiger partial charge >= 0.3 is 0 Å². The second-order valence-electron chi connectivity index (χ2n) is 4.35. The SMILES string of the molecule is CC(C)(I)c1cccc(C(C)(C)I)n1. The van der Waals surface area contributed by atoms with Crippen molar-refractivity contribution >= 4 is 45.2 Å². The molecule has 1 heterocycles. The topological polar surface area (TPSA) is 12.9 Å². The second kappa shape index (κ2) is 4.23. The highest BCUT2D eigenvalue weighted by molar-refractivity contribution is 14.1. The van der Waals surface area contributed by atoms with E-state index < -0.39 is 0 Å². The maximum absolute atomic E-state index is 4.70. The zero-order valence-corrected chi connectivity index (χ0v) is 13.3. The Hall–Kier alpha value is 0.610. The van der Waals surface area contributed by atoms with Crippen LogP contribution in [0.15, 0.2) is 18.2 Å². The molecule has 78 valence electrons. The van der Waals surface area contributed by atoms with E-state index >= 15 is 0 Å². The van der Waals surface area contributed by atoms with Gasteiger partial charge in [-0.05, 0) is 39.8 Å². The first-order valence-electron chi connectivity index (χ1n) is 4.57. The highest BCUT2D eigenvalue weighted by Crippen LogP contribution is 2.33. The van der Waals surface area contributed by atoms with Crippen LogP contribution in [-0.4, -0.2) is 4.98 Å². The van der Waals surface area contributed by atoms with E-state index in [0.29, 0.717) is 0 Å². The Labute approximate surface area is 113 Å². The van der Waals surface area contributed by atoms with Gasteiger partial charge in [0.1, 0.15) is 0 Å². The van der Waals surface area contributed by atoms with Gasteiger partial charge in [0.2, 0.25) is 0 Å². The molecule has 0 saturated carbocycles. The van der Waals surface area contributed by atoms with Crippen LogP contribution in [0.1, 0.15) is 39.1 Å². The Morgan fingerprint density at radius 3 is 1.57 bits per heavy atom. The molecule has 0 aromatic carbocycles. The highest BCUT2D eigenvalue weighted by atomic mass is 127. The van der Waals surface area contributed by atoms with Crippen molar-refractivity contribution in [1.29, 1.82) is 0 Å². The number of halogens is 2. The molecule has 1 nitrogen and oxygen atoms in total. The number of aromatic nitrogens is 1. The van der Waals surface area contributed by atoms with E-state index in [1.165, 1.54) is 0 Å². The molecule has 14 heavy (non-hydrogen) atoms. The number of hydrogen-bond acceptors (Lipinski definition) is 1. The maximum atomic E-state index is 4.70. The van der Waals surface area contributed by atoms with Crippen LogP contribution in [-0.2, 0) is 6.84 Å². The smallest absolute Gasteiger partial charge is 0.0586 e. The van der Waals surface area contributed by atoms with Gasteiger partial charge in [-0.3, -0.25) is 4.98 Å². The van der Waals surface area contributed by atoms with Crippen molar-refractivity contribution in [1.82, 2.24) is 4.98 Å². The summed E-state index contributed by atoms with van der Waals surface area (Å²) in [6.45, 7) is 8.72. The molecule has 0 amide bonds. The van der Waals surface area contributed by atoms with Crippen LogP contribution in [0.25, 0.3) is 0 Å². The minimum atomic E-state index is 0.107. The van der Waals surface area contributed by atoms with Crippen molar-refractivity contribution in [2.75, 3.05) is 0 Å². The molecule has 1 aromatic heterocycles. The third-order valence-electron chi connectivity index (χ3n) is 1.97. The number of pyridine rings is 1. The molecule has 0 aliphatic carbocycles. The van der Waals surface area contributed by atoms with E-state index in [9.17, 15) is 0 Å². The first kappa shape index (κ1) is 12.7. The summed E-state index contributed by atoms with van der Waals surface area (Å²) in [6.07, 6.45) is 0. The van der Waals surface area contributed by atoms with Gasteiger partial charge in [-0.15, -0.1) is 0 Å². The molecular formula is C11H15I2N. The lowest BCUT2D eigenvalue weighted by atomic mass is 10.1. The molecule has 0 fully saturated rings. The minimum Gasteiger partial charge on any atom is -0.255 e. The van der Waals surface area contributed by atoms with Gasteiger partial charge < -0.3 is 0 Å². The Balaban J connectivity index is 3.15. The van der Waals surface area contributed by atoms with Crippen molar-refractivity contribution in [2.45, 2.75) is 34.5 Å². The quantitative estimate of drug-likeness (QED) is 0.515. The van der Waals surface area contributed by atoms with E-state index in [-0.39, 0.29) is 6.84 Å². The summed E-state index contributed by atoms with van der Waals surface area (Å²) in [7, 11) is 0. The van der Waals surface area contributed by atoms with Crippen LogP contribution in [0.5, 0.6) is 0 Å². The molecule has 0 atom stereocenters. The van der Waals surface area contributed by atoms with Crippen molar-refractivity contribution < 1.29 is 0 Å². The average Bonchev–Trinajstić information content (AvgIpc) is 2.01. The number of rotatable bonds is 2. The van der Waals surface area contributed by atoms with Gasteiger partial charge in [-0.25, -0.2) is 0 Å². The number of alkyl halides is 2. The fourth-order valence-corrected chi connectivity index (χ4v) is 1.70. The first-order chi connectivity index (χ1) is 6.21. The van der Waals surface area contributed by atoms with Crippen LogP contribution >= 0.6 is 45.2 Å². The largest absolute Gasteiger partial charge is 0.255 e. The third-order valence-corrected chi connectivity index (χ3v) is 3.07. The van der Waals surface area contributed by atoms with Crippen LogP contribution in [0.2, 0.25) is 0 Å². The Bertz CT molecular complexity index is 292. The lowest BCUT2D eigenvalue weighted by Crippen LogP contribution is -2.15. The van der Waals surface area contributed by atoms with Crippen LogP contribution in [0.3, 0.4) is 0 Å². The van der Waals surface area contributed by atoms with Gasteiger partial charge in [0.05, 0.1) is 18.2 Å². The predicted octanol–water partition coefficient (Wildman–Crippen LogP) is 4.42. The molecule has 1 rings (SSSR count). The van der Waals surface area contributed by atoms with E-state index in [4.69, 9.17) is 4.98 Å². The lowest BCUT2D eigenvalue weighted by Gasteiger charge is -2.20. The normalized spacial score (nSPS) is 13.0. The lowest BCUT2D eigenvalue weighted by molar-refractivity contribution is 0.731. The molecule has 0 aliphatic heterocycles. The van der Waals surface area contributed by atoms with E-state index in [1.54, 1.807) is 0 Å². The van der Waals surface area contributed by atoms with Gasteiger partial charge in [-0.1, -0.05) is 51.2 Å². The molecule has 0 saturated heterocycles. The fraction of sp³-hybridized carbons (Fsp3) is 0.545. The Morgan fingerprint density at radius 1 is 0.929 bits per heavy atom. The number of nitrogens with zero attached hydrogens (tertiary/aromatic N) is 1. The van der Waals surface area contributed by atoms with Gasteiger partial charge in [0, 0.05) is 0 Å². The molecule has 0 N–H and O–H groups in total. The molecule has 0 spiro atoms. The van der Waals surface area contributed by atoms with E-state index in [0.717, 1.165) is 11.4 Å². The van der Waals surface area contributed by atoms with Crippen LogP contribution in [0, 0.1) is 0 Å². The highest BCUT2D eigenvalue weighted by Gasteiger charge is 2.22. The molecule has 3 heteroatoms. The fourth-order valence-electron chi connectivity index (χ4n) is 1.10. The molecule has 0 unspecified atom stereocenters. The van der Waals surface area contributed by atoms with E-state index in [2.05, 4.69) is 91.1 Å². The Kier molecular flexibility index (Phi) is 3.83. The van der Waals surface area contributed by atoms with Crippen molar-refractivity contribution in [3.05, 3.63) is 29.6 Å². The van der Waals surface area contributed by atoms with Gasteiger partial charge in [0.25, 0.3) is 0 Å². The predicted molar refractivity (Wildman–Crippen MR) is 78.3 cm³/mol. The van der Waals surface area contributed by atoms with E-state index in [1.807, 2.05) is 0 Å². The molecule has 0 radical (unpaired) electrons. The monoisotopic (exact) mass is 415 g/mol. The number of hydrogen-bond donors (Lipinski definition) is 0.